The number of hydrogen-bond donors (Lipinski definition) is 1. The van der Waals surface area contributed by atoms with Gasteiger partial charge in [0, 0.05) is 6.42 Å². The van der Waals surface area contributed by atoms with Gasteiger partial charge < -0.3 is 10.1 Å². The maximum absolute atomic E-state index is 11.5. The summed E-state index contributed by atoms with van der Waals surface area (Å²) in [6.07, 6.45) is 3.01. The Kier molecular flexibility index (Phi) is 1.78. The number of carbonyl (C=O) groups is 2. The molecule has 4 nitrogen and oxygen atoms in total. The molecule has 1 saturated heterocycles. The van der Waals surface area contributed by atoms with Crippen LogP contribution in [0.4, 0.5) is 0 Å². The number of ether oxygens (including phenoxy) is 1. The number of amides is 1. The van der Waals surface area contributed by atoms with Gasteiger partial charge in [0.25, 0.3) is 0 Å². The first kappa shape index (κ1) is 8.53. The molecule has 1 amide bonds. The van der Waals surface area contributed by atoms with Crippen LogP contribution < -0.4 is 5.32 Å². The molecular formula is C9H13NO3. The van der Waals surface area contributed by atoms with Crippen molar-refractivity contribution in [3.63, 3.8) is 0 Å². The lowest BCUT2D eigenvalue weighted by Crippen LogP contribution is -2.55. The summed E-state index contributed by atoms with van der Waals surface area (Å²) in [6.45, 7) is 0. The average Bonchev–Trinajstić information content (AvgIpc) is 2.42. The van der Waals surface area contributed by atoms with Crippen LogP contribution in [0.1, 0.15) is 25.7 Å². The van der Waals surface area contributed by atoms with Gasteiger partial charge in [-0.2, -0.15) is 0 Å². The highest BCUT2D eigenvalue weighted by atomic mass is 16.5. The zero-order valence-corrected chi connectivity index (χ0v) is 7.63. The molecule has 0 radical (unpaired) electrons. The van der Waals surface area contributed by atoms with Crippen molar-refractivity contribution < 1.29 is 14.3 Å². The molecule has 1 N–H and O–H groups in total. The molecule has 0 aromatic rings. The Morgan fingerprint density at radius 2 is 2.46 bits per heavy atom. The molecular weight excluding hydrogens is 170 g/mol. The van der Waals surface area contributed by atoms with Crippen LogP contribution in [0.3, 0.4) is 0 Å². The van der Waals surface area contributed by atoms with Crippen LogP contribution >= 0.6 is 0 Å². The zero-order chi connectivity index (χ0) is 9.47. The van der Waals surface area contributed by atoms with E-state index in [0.717, 1.165) is 19.3 Å². The second-order valence-corrected chi connectivity index (χ2v) is 3.93. The number of rotatable bonds is 1. The lowest BCUT2D eigenvalue weighted by Gasteiger charge is -2.31. The Labute approximate surface area is 76.6 Å². The molecule has 1 aliphatic heterocycles. The quantitative estimate of drug-likeness (QED) is 0.591. The highest BCUT2D eigenvalue weighted by Gasteiger charge is 2.50. The van der Waals surface area contributed by atoms with Gasteiger partial charge in [0.05, 0.1) is 7.11 Å². The smallest absolute Gasteiger partial charge is 0.331 e. The fourth-order valence-electron chi connectivity index (χ4n) is 2.45. The number of esters is 1. The third kappa shape index (κ3) is 1.20. The Morgan fingerprint density at radius 3 is 3.15 bits per heavy atom. The Bertz CT molecular complexity index is 264. The van der Waals surface area contributed by atoms with E-state index in [0.29, 0.717) is 12.3 Å². The van der Waals surface area contributed by atoms with Crippen molar-refractivity contribution in [3.8, 4) is 0 Å². The highest BCUT2D eigenvalue weighted by molar-refractivity contribution is 5.90. The molecule has 1 aliphatic carbocycles. The van der Waals surface area contributed by atoms with Crippen molar-refractivity contribution in [2.75, 3.05) is 7.11 Å². The van der Waals surface area contributed by atoms with E-state index in [9.17, 15) is 9.59 Å². The first-order chi connectivity index (χ1) is 6.16. The zero-order valence-electron chi connectivity index (χ0n) is 7.63. The summed E-state index contributed by atoms with van der Waals surface area (Å²) in [6, 6.07) is 0. The summed E-state index contributed by atoms with van der Waals surface area (Å²) in [7, 11) is 1.37. The molecule has 2 rings (SSSR count). The van der Waals surface area contributed by atoms with E-state index in [2.05, 4.69) is 5.32 Å². The van der Waals surface area contributed by atoms with Crippen LogP contribution in [0.2, 0.25) is 0 Å². The van der Waals surface area contributed by atoms with Crippen LogP contribution in [0.25, 0.3) is 0 Å². The summed E-state index contributed by atoms with van der Waals surface area (Å²) in [4.78, 5) is 22.7. The molecule has 72 valence electrons. The number of fused-ring (bicyclic) bond motifs is 2. The average molecular weight is 183 g/mol. The van der Waals surface area contributed by atoms with Crippen LogP contribution in [0.5, 0.6) is 0 Å². The molecule has 2 bridgehead atoms. The van der Waals surface area contributed by atoms with Gasteiger partial charge in [0.2, 0.25) is 5.91 Å². The van der Waals surface area contributed by atoms with Gasteiger partial charge in [-0.15, -0.1) is 0 Å². The Morgan fingerprint density at radius 1 is 1.69 bits per heavy atom. The van der Waals surface area contributed by atoms with Gasteiger partial charge in [-0.05, 0) is 25.2 Å². The van der Waals surface area contributed by atoms with E-state index in [1.54, 1.807) is 0 Å². The fraction of sp³-hybridized carbons (Fsp3) is 0.778. The first-order valence-electron chi connectivity index (χ1n) is 4.56. The van der Waals surface area contributed by atoms with Gasteiger partial charge in [0.15, 0.2) is 0 Å². The van der Waals surface area contributed by atoms with Gasteiger partial charge in [-0.25, -0.2) is 4.79 Å². The van der Waals surface area contributed by atoms with Crippen molar-refractivity contribution in [2.24, 2.45) is 5.92 Å². The molecule has 13 heavy (non-hydrogen) atoms. The third-order valence-electron chi connectivity index (χ3n) is 3.05. The second kappa shape index (κ2) is 2.72. The van der Waals surface area contributed by atoms with Crippen LogP contribution in [0, 0.1) is 5.92 Å². The van der Waals surface area contributed by atoms with Crippen LogP contribution in [-0.2, 0) is 14.3 Å². The Balaban J connectivity index is 2.22. The van der Waals surface area contributed by atoms with Crippen LogP contribution in [-0.4, -0.2) is 24.5 Å². The predicted molar refractivity (Wildman–Crippen MR) is 44.8 cm³/mol. The maximum Gasteiger partial charge on any atom is 0.331 e. The topological polar surface area (TPSA) is 55.4 Å². The minimum Gasteiger partial charge on any atom is -0.467 e. The van der Waals surface area contributed by atoms with Gasteiger partial charge in [-0.3, -0.25) is 4.79 Å². The molecule has 0 aromatic heterocycles. The number of nitrogens with one attached hydrogen (secondary N) is 1. The number of carbonyl (C=O) groups excluding carboxylic acids is 2. The third-order valence-corrected chi connectivity index (χ3v) is 3.05. The molecule has 4 heteroatoms. The van der Waals surface area contributed by atoms with Crippen molar-refractivity contribution in [2.45, 2.75) is 31.2 Å². The number of methoxy groups -OCH3 is 1. The SMILES string of the molecule is COC(=O)[C@]12CC[C@H](CC(=O)N1)C2. The lowest BCUT2D eigenvalue weighted by atomic mass is 9.90. The minimum atomic E-state index is -0.686. The number of piperidine rings is 1. The largest absolute Gasteiger partial charge is 0.467 e. The van der Waals surface area contributed by atoms with Gasteiger partial charge in [-0.1, -0.05) is 0 Å². The van der Waals surface area contributed by atoms with E-state index in [4.69, 9.17) is 4.74 Å². The molecule has 2 atom stereocenters. The van der Waals surface area contributed by atoms with Gasteiger partial charge >= 0.3 is 5.97 Å². The second-order valence-electron chi connectivity index (χ2n) is 3.93. The molecule has 0 unspecified atom stereocenters. The monoisotopic (exact) mass is 183 g/mol. The minimum absolute atomic E-state index is 0.0147. The molecule has 2 aliphatic rings. The van der Waals surface area contributed by atoms with Crippen molar-refractivity contribution >= 4 is 11.9 Å². The number of hydrogen-bond acceptors (Lipinski definition) is 3. The van der Waals surface area contributed by atoms with E-state index in [1.165, 1.54) is 7.11 Å². The van der Waals surface area contributed by atoms with Crippen molar-refractivity contribution in [1.29, 1.82) is 0 Å². The maximum atomic E-state index is 11.5. The van der Waals surface area contributed by atoms with Crippen molar-refractivity contribution in [3.05, 3.63) is 0 Å². The summed E-state index contributed by atoms with van der Waals surface area (Å²) >= 11 is 0. The molecule has 1 saturated carbocycles. The normalized spacial score (nSPS) is 37.0. The van der Waals surface area contributed by atoms with E-state index >= 15 is 0 Å². The highest BCUT2D eigenvalue weighted by Crippen LogP contribution is 2.40. The van der Waals surface area contributed by atoms with E-state index in [-0.39, 0.29) is 11.9 Å². The molecule has 0 spiro atoms. The predicted octanol–water partition coefficient (Wildman–Crippen LogP) is 0.218. The summed E-state index contributed by atoms with van der Waals surface area (Å²) < 4.78 is 4.71. The standard InChI is InChI=1S/C9H13NO3/c1-13-8(12)9-3-2-6(5-9)4-7(11)10-9/h6H,2-5H2,1H3,(H,10,11)/t6-,9-/m1/s1. The molecule has 1 heterocycles. The van der Waals surface area contributed by atoms with Crippen LogP contribution in [0.15, 0.2) is 0 Å². The van der Waals surface area contributed by atoms with E-state index < -0.39 is 5.54 Å². The molecule has 0 aromatic carbocycles. The molecule has 2 fully saturated rings. The lowest BCUT2D eigenvalue weighted by molar-refractivity contribution is -0.152. The fourth-order valence-corrected chi connectivity index (χ4v) is 2.45. The summed E-state index contributed by atoms with van der Waals surface area (Å²) in [5.41, 5.74) is -0.686. The summed E-state index contributed by atoms with van der Waals surface area (Å²) in [5, 5.41) is 2.76. The Hall–Kier alpha value is -1.06. The summed E-state index contributed by atoms with van der Waals surface area (Å²) in [5.74, 6) is 0.0788. The van der Waals surface area contributed by atoms with Crippen molar-refractivity contribution in [1.82, 2.24) is 5.32 Å². The van der Waals surface area contributed by atoms with E-state index in [1.807, 2.05) is 0 Å². The van der Waals surface area contributed by atoms with Gasteiger partial charge in [0.1, 0.15) is 5.54 Å². The first-order valence-corrected chi connectivity index (χ1v) is 4.56.